The van der Waals surface area contributed by atoms with Crippen LogP contribution in [0.4, 0.5) is 4.39 Å². The molecule has 0 aliphatic rings. The number of hydrogen-bond acceptors (Lipinski definition) is 3. The van der Waals surface area contributed by atoms with Crippen LogP contribution in [-0.4, -0.2) is 17.6 Å². The van der Waals surface area contributed by atoms with Gasteiger partial charge < -0.3 is 5.32 Å². The van der Waals surface area contributed by atoms with Crippen molar-refractivity contribution in [2.45, 2.75) is 32.7 Å². The zero-order valence-corrected chi connectivity index (χ0v) is 13.2. The Morgan fingerprint density at radius 3 is 2.85 bits per heavy atom. The molecule has 1 aromatic carbocycles. The minimum absolute atomic E-state index is 0.213. The number of hydrogen-bond donors (Lipinski definition) is 1. The Labute approximate surface area is 128 Å². The first-order chi connectivity index (χ1) is 9.60. The maximum Gasteiger partial charge on any atom is 0.142 e. The zero-order valence-electron chi connectivity index (χ0n) is 11.6. The van der Waals surface area contributed by atoms with Crippen LogP contribution in [0.15, 0.2) is 23.6 Å². The summed E-state index contributed by atoms with van der Waals surface area (Å²) in [6.07, 6.45) is 1.53. The van der Waals surface area contributed by atoms with Gasteiger partial charge in [-0.05, 0) is 31.5 Å². The van der Waals surface area contributed by atoms with Crippen LogP contribution in [0.1, 0.15) is 23.2 Å². The van der Waals surface area contributed by atoms with Crippen LogP contribution in [0.2, 0.25) is 5.02 Å². The van der Waals surface area contributed by atoms with Crippen molar-refractivity contribution in [1.82, 2.24) is 10.3 Å². The molecule has 108 valence electrons. The van der Waals surface area contributed by atoms with Gasteiger partial charge >= 0.3 is 0 Å². The molecule has 0 amide bonds. The van der Waals surface area contributed by atoms with E-state index in [2.05, 4.69) is 17.2 Å². The summed E-state index contributed by atoms with van der Waals surface area (Å²) < 4.78 is 13.5. The van der Waals surface area contributed by atoms with Crippen molar-refractivity contribution in [3.8, 4) is 0 Å². The highest BCUT2D eigenvalue weighted by Crippen LogP contribution is 2.22. The molecule has 1 atom stereocenters. The molecule has 2 nitrogen and oxygen atoms in total. The molecule has 1 aromatic heterocycles. The Bertz CT molecular complexity index is 571. The number of nitrogens with zero attached hydrogens (tertiary/aromatic N) is 1. The average molecular weight is 313 g/mol. The van der Waals surface area contributed by atoms with Gasteiger partial charge in [0.05, 0.1) is 10.0 Å². The Morgan fingerprint density at radius 1 is 1.40 bits per heavy atom. The SMILES string of the molecule is CCNC(Cc1nc(C)cs1)Cc1cccc(F)c1Cl. The van der Waals surface area contributed by atoms with Crippen LogP contribution < -0.4 is 5.32 Å². The third-order valence-electron chi connectivity index (χ3n) is 3.08. The lowest BCUT2D eigenvalue weighted by Gasteiger charge is -2.17. The summed E-state index contributed by atoms with van der Waals surface area (Å²) in [7, 11) is 0. The molecule has 1 N–H and O–H groups in total. The fourth-order valence-electron chi connectivity index (χ4n) is 2.18. The molecule has 5 heteroatoms. The lowest BCUT2D eigenvalue weighted by Crippen LogP contribution is -2.33. The van der Waals surface area contributed by atoms with Gasteiger partial charge in [0.15, 0.2) is 0 Å². The van der Waals surface area contributed by atoms with Gasteiger partial charge in [0.2, 0.25) is 0 Å². The number of likely N-dealkylation sites (N-methyl/N-ethyl adjacent to an activating group) is 1. The smallest absolute Gasteiger partial charge is 0.142 e. The highest BCUT2D eigenvalue weighted by Gasteiger charge is 2.15. The van der Waals surface area contributed by atoms with E-state index >= 15 is 0 Å². The second-order valence-corrected chi connectivity index (χ2v) is 6.08. The molecule has 2 rings (SSSR count). The summed E-state index contributed by atoms with van der Waals surface area (Å²) in [5, 5.41) is 6.80. The van der Waals surface area contributed by atoms with Crippen molar-refractivity contribution in [3.63, 3.8) is 0 Å². The van der Waals surface area contributed by atoms with Gasteiger partial charge in [-0.15, -0.1) is 11.3 Å². The number of rotatable bonds is 6. The molecule has 0 fully saturated rings. The van der Waals surface area contributed by atoms with Gasteiger partial charge in [0.25, 0.3) is 0 Å². The average Bonchev–Trinajstić information content (AvgIpc) is 2.81. The minimum Gasteiger partial charge on any atom is -0.314 e. The maximum absolute atomic E-state index is 13.5. The van der Waals surface area contributed by atoms with Crippen molar-refractivity contribution in [2.24, 2.45) is 0 Å². The van der Waals surface area contributed by atoms with Gasteiger partial charge in [-0.2, -0.15) is 0 Å². The van der Waals surface area contributed by atoms with E-state index in [1.165, 1.54) is 6.07 Å². The van der Waals surface area contributed by atoms with Gasteiger partial charge in [0, 0.05) is 23.5 Å². The van der Waals surface area contributed by atoms with Crippen LogP contribution in [-0.2, 0) is 12.8 Å². The summed E-state index contributed by atoms with van der Waals surface area (Å²) in [5.41, 5.74) is 1.88. The molecular weight excluding hydrogens is 295 g/mol. The highest BCUT2D eigenvalue weighted by molar-refractivity contribution is 7.09. The molecule has 0 bridgehead atoms. The van der Waals surface area contributed by atoms with Gasteiger partial charge in [-0.25, -0.2) is 9.37 Å². The van der Waals surface area contributed by atoms with Crippen molar-refractivity contribution < 1.29 is 4.39 Å². The van der Waals surface area contributed by atoms with Crippen LogP contribution in [0.3, 0.4) is 0 Å². The first kappa shape index (κ1) is 15.4. The van der Waals surface area contributed by atoms with Crippen LogP contribution in [0.25, 0.3) is 0 Å². The summed E-state index contributed by atoms with van der Waals surface area (Å²) in [4.78, 5) is 4.49. The Morgan fingerprint density at radius 2 is 2.20 bits per heavy atom. The van der Waals surface area contributed by atoms with Gasteiger partial charge in [-0.1, -0.05) is 30.7 Å². The van der Waals surface area contributed by atoms with E-state index in [-0.39, 0.29) is 16.9 Å². The summed E-state index contributed by atoms with van der Waals surface area (Å²) in [6, 6.07) is 5.18. The van der Waals surface area contributed by atoms with E-state index in [1.54, 1.807) is 17.4 Å². The highest BCUT2D eigenvalue weighted by atomic mass is 35.5. The zero-order chi connectivity index (χ0) is 14.5. The van der Waals surface area contributed by atoms with Crippen LogP contribution in [0.5, 0.6) is 0 Å². The molecule has 0 aliphatic heterocycles. The predicted octanol–water partition coefficient (Wildman–Crippen LogP) is 4.01. The fourth-order valence-corrected chi connectivity index (χ4v) is 3.24. The van der Waals surface area contributed by atoms with E-state index in [0.29, 0.717) is 6.42 Å². The topological polar surface area (TPSA) is 24.9 Å². The molecule has 0 aliphatic carbocycles. The number of thiazole rings is 1. The lowest BCUT2D eigenvalue weighted by atomic mass is 10.0. The largest absolute Gasteiger partial charge is 0.314 e. The minimum atomic E-state index is -0.357. The summed E-state index contributed by atoms with van der Waals surface area (Å²) in [5.74, 6) is -0.357. The van der Waals surface area contributed by atoms with Crippen molar-refractivity contribution in [1.29, 1.82) is 0 Å². The van der Waals surface area contributed by atoms with E-state index in [9.17, 15) is 4.39 Å². The van der Waals surface area contributed by atoms with Crippen molar-refractivity contribution in [3.05, 3.63) is 50.7 Å². The second kappa shape index (κ2) is 7.16. The molecule has 1 unspecified atom stereocenters. The maximum atomic E-state index is 13.5. The third-order valence-corrected chi connectivity index (χ3v) is 4.49. The van der Waals surface area contributed by atoms with E-state index in [4.69, 9.17) is 11.6 Å². The molecule has 0 spiro atoms. The first-order valence-electron chi connectivity index (χ1n) is 6.67. The molecular formula is C15H18ClFN2S. The summed E-state index contributed by atoms with van der Waals surface area (Å²) >= 11 is 7.69. The quantitative estimate of drug-likeness (QED) is 0.872. The fraction of sp³-hybridized carbons (Fsp3) is 0.400. The van der Waals surface area contributed by atoms with E-state index < -0.39 is 0 Å². The van der Waals surface area contributed by atoms with Gasteiger partial charge in [-0.3, -0.25) is 0 Å². The Kier molecular flexibility index (Phi) is 5.52. The van der Waals surface area contributed by atoms with Crippen LogP contribution in [0, 0.1) is 12.7 Å². The second-order valence-electron chi connectivity index (χ2n) is 4.76. The molecule has 1 heterocycles. The molecule has 2 aromatic rings. The van der Waals surface area contributed by atoms with E-state index in [1.807, 2.05) is 18.4 Å². The Hall–Kier alpha value is -0.970. The number of halogens is 2. The monoisotopic (exact) mass is 312 g/mol. The molecule has 0 radical (unpaired) electrons. The molecule has 0 saturated carbocycles. The van der Waals surface area contributed by atoms with Gasteiger partial charge in [0.1, 0.15) is 5.82 Å². The molecule has 20 heavy (non-hydrogen) atoms. The number of nitrogens with one attached hydrogen (secondary N) is 1. The lowest BCUT2D eigenvalue weighted by molar-refractivity contribution is 0.518. The van der Waals surface area contributed by atoms with Crippen molar-refractivity contribution in [2.75, 3.05) is 6.54 Å². The van der Waals surface area contributed by atoms with Crippen molar-refractivity contribution >= 4 is 22.9 Å². The summed E-state index contributed by atoms with van der Waals surface area (Å²) in [6.45, 7) is 4.92. The predicted molar refractivity (Wildman–Crippen MR) is 83.1 cm³/mol. The van der Waals surface area contributed by atoms with E-state index in [0.717, 1.165) is 29.2 Å². The third kappa shape index (κ3) is 4.01. The first-order valence-corrected chi connectivity index (χ1v) is 7.93. The number of aromatic nitrogens is 1. The Balaban J connectivity index is 2.10. The molecule has 0 saturated heterocycles. The van der Waals surface area contributed by atoms with Crippen LogP contribution >= 0.6 is 22.9 Å². The number of benzene rings is 1. The standard InChI is InChI=1S/C15H18ClFN2S/c1-3-18-12(8-14-19-10(2)9-20-14)7-11-5-4-6-13(17)15(11)16/h4-6,9,12,18H,3,7-8H2,1-2H3. The normalized spacial score (nSPS) is 12.6. The number of aryl methyl sites for hydroxylation is 1.